The third-order valence-electron chi connectivity index (χ3n) is 4.29. The second-order valence-electron chi connectivity index (χ2n) is 6.93. The Labute approximate surface area is 175 Å². The van der Waals surface area contributed by atoms with Crippen molar-refractivity contribution in [3.05, 3.63) is 35.2 Å². The van der Waals surface area contributed by atoms with Crippen molar-refractivity contribution in [2.24, 2.45) is 0 Å². The number of carbonyl (C=O) groups excluding carboxylic acids is 2. The lowest BCUT2D eigenvalue weighted by molar-refractivity contribution is -0.119. The summed E-state index contributed by atoms with van der Waals surface area (Å²) >= 11 is 1.24. The van der Waals surface area contributed by atoms with E-state index in [1.165, 1.54) is 18.3 Å². The van der Waals surface area contributed by atoms with Crippen LogP contribution >= 0.6 is 11.3 Å². The van der Waals surface area contributed by atoms with Gasteiger partial charge in [-0.3, -0.25) is 9.59 Å². The summed E-state index contributed by atoms with van der Waals surface area (Å²) in [4.78, 5) is 27.6. The second-order valence-corrected chi connectivity index (χ2v) is 9.97. The molecule has 0 aliphatic rings. The fraction of sp³-hybridized carbons (Fsp3) is 0.450. The molecular weight excluding hydrogens is 410 g/mol. The molecule has 0 aliphatic carbocycles. The van der Waals surface area contributed by atoms with E-state index in [0.717, 1.165) is 24.0 Å². The number of nitrogens with one attached hydrogen (secondary N) is 2. The number of benzene rings is 1. The molecule has 7 nitrogen and oxygen atoms in total. The first kappa shape index (κ1) is 23.0. The highest BCUT2D eigenvalue weighted by Gasteiger charge is 2.17. The molecule has 0 saturated carbocycles. The Morgan fingerprint density at radius 2 is 1.86 bits per heavy atom. The van der Waals surface area contributed by atoms with E-state index in [1.807, 2.05) is 38.1 Å². The van der Waals surface area contributed by atoms with Crippen molar-refractivity contribution in [3.63, 3.8) is 0 Å². The lowest BCUT2D eigenvalue weighted by Crippen LogP contribution is -2.24. The Bertz CT molecular complexity index is 937. The van der Waals surface area contributed by atoms with Crippen LogP contribution in [0.15, 0.2) is 29.6 Å². The summed E-state index contributed by atoms with van der Waals surface area (Å²) in [6.45, 7) is 5.38. The summed E-state index contributed by atoms with van der Waals surface area (Å²) in [7, 11) is -3.41. The van der Waals surface area contributed by atoms with Crippen LogP contribution in [0.5, 0.6) is 0 Å². The lowest BCUT2D eigenvalue weighted by atomic mass is 10.1. The predicted molar refractivity (Wildman–Crippen MR) is 117 cm³/mol. The van der Waals surface area contributed by atoms with Crippen LogP contribution in [-0.4, -0.2) is 36.7 Å². The van der Waals surface area contributed by atoms with Crippen molar-refractivity contribution in [3.8, 4) is 11.3 Å². The molecule has 0 radical (unpaired) electrons. The van der Waals surface area contributed by atoms with Gasteiger partial charge in [-0.1, -0.05) is 44.0 Å². The minimum absolute atomic E-state index is 0.0284. The highest BCUT2D eigenvalue weighted by molar-refractivity contribution is 7.92. The molecule has 9 heteroatoms. The van der Waals surface area contributed by atoms with Crippen LogP contribution < -0.4 is 10.6 Å². The Balaban J connectivity index is 1.96. The molecule has 1 aromatic heterocycles. The van der Waals surface area contributed by atoms with Gasteiger partial charge in [-0.05, 0) is 18.9 Å². The Morgan fingerprint density at radius 3 is 2.48 bits per heavy atom. The van der Waals surface area contributed by atoms with Gasteiger partial charge in [-0.2, -0.15) is 0 Å². The number of carbonyl (C=O) groups is 2. The molecule has 2 N–H and O–H groups in total. The van der Waals surface area contributed by atoms with Crippen molar-refractivity contribution in [1.29, 1.82) is 0 Å². The van der Waals surface area contributed by atoms with Crippen molar-refractivity contribution >= 4 is 38.1 Å². The minimum atomic E-state index is -3.41. The van der Waals surface area contributed by atoms with Crippen molar-refractivity contribution in [2.45, 2.75) is 46.1 Å². The Kier molecular flexibility index (Phi) is 8.33. The average molecular weight is 438 g/mol. The fourth-order valence-corrected chi connectivity index (χ4v) is 4.79. The van der Waals surface area contributed by atoms with Crippen LogP contribution in [-0.2, 0) is 19.4 Å². The van der Waals surface area contributed by atoms with Crippen LogP contribution in [0.4, 0.5) is 5.13 Å². The van der Waals surface area contributed by atoms with Gasteiger partial charge in [0.2, 0.25) is 11.8 Å². The topological polar surface area (TPSA) is 105 Å². The molecule has 1 heterocycles. The summed E-state index contributed by atoms with van der Waals surface area (Å²) in [6.07, 6.45) is 2.33. The average Bonchev–Trinajstić information content (AvgIpc) is 3.09. The van der Waals surface area contributed by atoms with Gasteiger partial charge in [0.15, 0.2) is 15.0 Å². The van der Waals surface area contributed by atoms with Gasteiger partial charge in [-0.25, -0.2) is 13.4 Å². The molecule has 2 amide bonds. The van der Waals surface area contributed by atoms with Crippen LogP contribution in [0.1, 0.15) is 51.6 Å². The smallest absolute Gasteiger partial charge is 0.241 e. The highest BCUT2D eigenvalue weighted by Crippen LogP contribution is 2.26. The van der Waals surface area contributed by atoms with Crippen LogP contribution in [0.2, 0.25) is 0 Å². The number of thiazole rings is 1. The maximum atomic E-state index is 12.1. The molecule has 0 bridgehead atoms. The van der Waals surface area contributed by atoms with Crippen LogP contribution in [0, 0.1) is 0 Å². The van der Waals surface area contributed by atoms with Gasteiger partial charge in [-0.15, -0.1) is 11.3 Å². The largest absolute Gasteiger partial charge is 0.350 e. The monoisotopic (exact) mass is 437 g/mol. The lowest BCUT2D eigenvalue weighted by Gasteiger charge is -2.13. The van der Waals surface area contributed by atoms with Crippen LogP contribution in [0.25, 0.3) is 11.3 Å². The number of rotatable bonds is 10. The van der Waals surface area contributed by atoms with E-state index in [9.17, 15) is 18.0 Å². The number of anilines is 1. The first-order chi connectivity index (χ1) is 13.7. The Morgan fingerprint density at radius 1 is 1.17 bits per heavy atom. The second kappa shape index (κ2) is 10.5. The minimum Gasteiger partial charge on any atom is -0.350 e. The van der Waals surface area contributed by atoms with E-state index < -0.39 is 21.5 Å². The third-order valence-corrected chi connectivity index (χ3v) is 6.66. The SMILES string of the molecule is CCCCCS(=O)(=O)CC(=O)Nc1nc(-c2ccc(C(C)NC(C)=O)cc2)cs1. The summed E-state index contributed by atoms with van der Waals surface area (Å²) in [5.41, 5.74) is 2.53. The standard InChI is InChI=1S/C20H27N3O4S2/c1-4-5-6-11-29(26,27)13-19(25)23-20-22-18(12-28-20)17-9-7-16(8-10-17)14(2)21-15(3)24/h7-10,12,14H,4-6,11,13H2,1-3H3,(H,21,24)(H,22,23,25). The number of nitrogens with zero attached hydrogens (tertiary/aromatic N) is 1. The maximum Gasteiger partial charge on any atom is 0.241 e. The van der Waals surface area contributed by atoms with E-state index in [4.69, 9.17) is 0 Å². The third kappa shape index (κ3) is 7.58. The predicted octanol–water partition coefficient (Wildman–Crippen LogP) is 3.55. The molecule has 0 fully saturated rings. The van der Waals surface area contributed by atoms with Gasteiger partial charge in [0.25, 0.3) is 0 Å². The summed E-state index contributed by atoms with van der Waals surface area (Å²) in [5.74, 6) is -1.15. The molecule has 29 heavy (non-hydrogen) atoms. The number of hydrogen-bond donors (Lipinski definition) is 2. The molecule has 1 aromatic carbocycles. The van der Waals surface area contributed by atoms with Gasteiger partial charge in [0.1, 0.15) is 5.75 Å². The molecule has 0 saturated heterocycles. The molecule has 1 unspecified atom stereocenters. The molecule has 2 rings (SSSR count). The number of unbranched alkanes of at least 4 members (excludes halogenated alkanes) is 2. The fourth-order valence-electron chi connectivity index (χ4n) is 2.79. The highest BCUT2D eigenvalue weighted by atomic mass is 32.2. The molecule has 158 valence electrons. The Hall–Kier alpha value is -2.26. The van der Waals surface area contributed by atoms with Gasteiger partial charge < -0.3 is 10.6 Å². The van der Waals surface area contributed by atoms with E-state index in [1.54, 1.807) is 5.38 Å². The first-order valence-electron chi connectivity index (χ1n) is 9.53. The van der Waals surface area contributed by atoms with Crippen molar-refractivity contribution in [2.75, 3.05) is 16.8 Å². The summed E-state index contributed by atoms with van der Waals surface area (Å²) < 4.78 is 24.0. The zero-order chi connectivity index (χ0) is 21.4. The zero-order valence-electron chi connectivity index (χ0n) is 16.9. The zero-order valence-corrected chi connectivity index (χ0v) is 18.5. The van der Waals surface area contributed by atoms with Gasteiger partial charge in [0.05, 0.1) is 17.5 Å². The van der Waals surface area contributed by atoms with E-state index in [0.29, 0.717) is 17.2 Å². The molecular formula is C20H27N3O4S2. The quantitative estimate of drug-likeness (QED) is 0.553. The van der Waals surface area contributed by atoms with Crippen molar-refractivity contribution in [1.82, 2.24) is 10.3 Å². The van der Waals surface area contributed by atoms with E-state index in [-0.39, 0.29) is 17.7 Å². The number of hydrogen-bond acceptors (Lipinski definition) is 6. The van der Waals surface area contributed by atoms with Crippen molar-refractivity contribution < 1.29 is 18.0 Å². The normalized spacial score (nSPS) is 12.4. The van der Waals surface area contributed by atoms with E-state index in [2.05, 4.69) is 15.6 Å². The first-order valence-corrected chi connectivity index (χ1v) is 12.2. The number of aromatic nitrogens is 1. The summed E-state index contributed by atoms with van der Waals surface area (Å²) in [5, 5.41) is 7.57. The molecule has 0 spiro atoms. The molecule has 1 atom stereocenters. The molecule has 0 aliphatic heterocycles. The van der Waals surface area contributed by atoms with Crippen LogP contribution in [0.3, 0.4) is 0 Å². The number of amides is 2. The molecule has 2 aromatic rings. The number of sulfone groups is 1. The van der Waals surface area contributed by atoms with Gasteiger partial charge >= 0.3 is 0 Å². The van der Waals surface area contributed by atoms with Gasteiger partial charge in [0, 0.05) is 17.9 Å². The maximum absolute atomic E-state index is 12.1. The van der Waals surface area contributed by atoms with E-state index >= 15 is 0 Å². The summed E-state index contributed by atoms with van der Waals surface area (Å²) in [6, 6.07) is 7.53.